The van der Waals surface area contributed by atoms with Gasteiger partial charge in [0.05, 0.1) is 0 Å². The van der Waals surface area contributed by atoms with E-state index in [1.54, 1.807) is 14.0 Å². The Morgan fingerprint density at radius 3 is 2.76 bits per heavy atom. The molecule has 120 valence electrons. The summed E-state index contributed by atoms with van der Waals surface area (Å²) in [4.78, 5) is 4.02. The van der Waals surface area contributed by atoms with Gasteiger partial charge in [0.1, 0.15) is 0 Å². The van der Waals surface area contributed by atoms with Gasteiger partial charge in [0.15, 0.2) is 5.82 Å². The Morgan fingerprint density at radius 2 is 2.14 bits per heavy atom. The molecule has 1 heterocycles. The van der Waals surface area contributed by atoms with Gasteiger partial charge in [-0.3, -0.25) is 0 Å². The highest BCUT2D eigenvalue weighted by atomic mass is 32.2. The van der Waals surface area contributed by atoms with E-state index in [-0.39, 0.29) is 6.54 Å². The Morgan fingerprint density at radius 1 is 1.38 bits per heavy atom. The third kappa shape index (κ3) is 5.70. The first kappa shape index (κ1) is 16.3. The van der Waals surface area contributed by atoms with Crippen LogP contribution in [0.5, 0.6) is 0 Å². The Balaban J connectivity index is 1.64. The van der Waals surface area contributed by atoms with E-state index in [1.165, 1.54) is 17.1 Å². The summed E-state index contributed by atoms with van der Waals surface area (Å²) >= 11 is 0. The summed E-state index contributed by atoms with van der Waals surface area (Å²) in [5, 5.41) is 7.08. The number of aromatic nitrogens is 2. The fourth-order valence-corrected chi connectivity index (χ4v) is 2.81. The Labute approximate surface area is 125 Å². The Hall–Kier alpha value is -1.03. The minimum atomic E-state index is -3.44. The SMILES string of the molecule is Cc1nc(CCNS(=O)(=O)N(C)CCCNC2CC2)no1. The van der Waals surface area contributed by atoms with Crippen molar-refractivity contribution in [2.75, 3.05) is 26.7 Å². The number of hydrogen-bond acceptors (Lipinski definition) is 6. The number of rotatable bonds is 10. The molecule has 2 N–H and O–H groups in total. The van der Waals surface area contributed by atoms with E-state index in [4.69, 9.17) is 4.52 Å². The molecule has 0 amide bonds. The average molecular weight is 317 g/mol. The molecule has 21 heavy (non-hydrogen) atoms. The molecule has 0 radical (unpaired) electrons. The molecule has 0 saturated heterocycles. The first-order valence-corrected chi connectivity index (χ1v) is 8.65. The van der Waals surface area contributed by atoms with Crippen molar-refractivity contribution in [2.24, 2.45) is 0 Å². The fourth-order valence-electron chi connectivity index (χ4n) is 1.86. The minimum Gasteiger partial charge on any atom is -0.340 e. The molecule has 0 aromatic carbocycles. The van der Waals surface area contributed by atoms with E-state index in [1.807, 2.05) is 0 Å². The summed E-state index contributed by atoms with van der Waals surface area (Å²) < 4.78 is 32.7. The zero-order valence-corrected chi connectivity index (χ0v) is 13.3. The monoisotopic (exact) mass is 317 g/mol. The molecule has 1 saturated carbocycles. The highest BCUT2D eigenvalue weighted by Gasteiger charge is 2.20. The normalized spacial score (nSPS) is 15.8. The van der Waals surface area contributed by atoms with Crippen molar-refractivity contribution in [1.29, 1.82) is 0 Å². The van der Waals surface area contributed by atoms with Crippen LogP contribution in [0.25, 0.3) is 0 Å². The Bertz CT molecular complexity index is 541. The van der Waals surface area contributed by atoms with Gasteiger partial charge in [-0.05, 0) is 25.8 Å². The minimum absolute atomic E-state index is 0.256. The van der Waals surface area contributed by atoms with Crippen LogP contribution < -0.4 is 10.0 Å². The van der Waals surface area contributed by atoms with E-state index >= 15 is 0 Å². The molecule has 9 heteroatoms. The van der Waals surface area contributed by atoms with Crippen LogP contribution in [0.15, 0.2) is 4.52 Å². The van der Waals surface area contributed by atoms with Crippen LogP contribution >= 0.6 is 0 Å². The van der Waals surface area contributed by atoms with Gasteiger partial charge in [-0.1, -0.05) is 5.16 Å². The van der Waals surface area contributed by atoms with E-state index in [9.17, 15) is 8.42 Å². The number of nitrogens with zero attached hydrogens (tertiary/aromatic N) is 3. The zero-order valence-electron chi connectivity index (χ0n) is 12.5. The number of aryl methyl sites for hydroxylation is 1. The third-order valence-electron chi connectivity index (χ3n) is 3.27. The maximum atomic E-state index is 12.0. The standard InChI is InChI=1S/C12H23N5O3S/c1-10-15-12(16-20-10)6-8-14-21(18,19)17(2)9-3-7-13-11-4-5-11/h11,13-14H,3-9H2,1-2H3. The number of nitrogens with one attached hydrogen (secondary N) is 2. The smallest absolute Gasteiger partial charge is 0.279 e. The molecule has 0 bridgehead atoms. The summed E-state index contributed by atoms with van der Waals surface area (Å²) in [7, 11) is -1.86. The Kier molecular flexibility index (Phi) is 5.68. The molecular weight excluding hydrogens is 294 g/mol. The third-order valence-corrected chi connectivity index (χ3v) is 4.85. The van der Waals surface area contributed by atoms with Crippen molar-refractivity contribution >= 4 is 10.2 Å². The largest absolute Gasteiger partial charge is 0.340 e. The predicted molar refractivity (Wildman–Crippen MR) is 77.9 cm³/mol. The van der Waals surface area contributed by atoms with E-state index < -0.39 is 10.2 Å². The van der Waals surface area contributed by atoms with Crippen LogP contribution in [0.3, 0.4) is 0 Å². The maximum Gasteiger partial charge on any atom is 0.279 e. The first-order valence-electron chi connectivity index (χ1n) is 7.21. The molecule has 1 aromatic heterocycles. The summed E-state index contributed by atoms with van der Waals surface area (Å²) in [6, 6.07) is 0.656. The van der Waals surface area contributed by atoms with E-state index in [2.05, 4.69) is 20.2 Å². The molecule has 1 aliphatic carbocycles. The van der Waals surface area contributed by atoms with Crippen molar-refractivity contribution < 1.29 is 12.9 Å². The van der Waals surface area contributed by atoms with Gasteiger partial charge in [0.25, 0.3) is 10.2 Å². The van der Waals surface area contributed by atoms with Crippen LogP contribution in [0.2, 0.25) is 0 Å². The summed E-state index contributed by atoms with van der Waals surface area (Å²) in [5.74, 6) is 0.986. The van der Waals surface area contributed by atoms with Crippen molar-refractivity contribution in [1.82, 2.24) is 24.5 Å². The van der Waals surface area contributed by atoms with Crippen molar-refractivity contribution in [3.05, 3.63) is 11.7 Å². The van der Waals surface area contributed by atoms with Gasteiger partial charge in [0, 0.05) is 39.5 Å². The summed E-state index contributed by atoms with van der Waals surface area (Å²) in [6.07, 6.45) is 3.70. The molecule has 0 spiro atoms. The molecule has 8 nitrogen and oxygen atoms in total. The van der Waals surface area contributed by atoms with E-state index in [0.717, 1.165) is 13.0 Å². The van der Waals surface area contributed by atoms with Crippen LogP contribution in [-0.2, 0) is 16.6 Å². The second-order valence-corrected chi connectivity index (χ2v) is 7.14. The van der Waals surface area contributed by atoms with Crippen molar-refractivity contribution in [3.63, 3.8) is 0 Å². The highest BCUT2D eigenvalue weighted by molar-refractivity contribution is 7.87. The predicted octanol–water partition coefficient (Wildman–Crippen LogP) is -0.171. The molecule has 2 rings (SSSR count). The van der Waals surface area contributed by atoms with Crippen LogP contribution in [0.1, 0.15) is 31.0 Å². The van der Waals surface area contributed by atoms with Crippen molar-refractivity contribution in [3.8, 4) is 0 Å². The average Bonchev–Trinajstić information content (AvgIpc) is 3.16. The highest BCUT2D eigenvalue weighted by Crippen LogP contribution is 2.18. The quantitative estimate of drug-likeness (QED) is 0.581. The topological polar surface area (TPSA) is 100 Å². The van der Waals surface area contributed by atoms with Crippen LogP contribution in [0.4, 0.5) is 0 Å². The lowest BCUT2D eigenvalue weighted by Crippen LogP contribution is -2.40. The maximum absolute atomic E-state index is 12.0. The van der Waals surface area contributed by atoms with Gasteiger partial charge >= 0.3 is 0 Å². The van der Waals surface area contributed by atoms with E-state index in [0.29, 0.717) is 30.7 Å². The molecule has 1 fully saturated rings. The molecule has 0 aliphatic heterocycles. The summed E-state index contributed by atoms with van der Waals surface area (Å²) in [6.45, 7) is 3.30. The second kappa shape index (κ2) is 7.30. The lowest BCUT2D eigenvalue weighted by atomic mass is 10.4. The van der Waals surface area contributed by atoms with Gasteiger partial charge in [-0.15, -0.1) is 0 Å². The van der Waals surface area contributed by atoms with Gasteiger partial charge < -0.3 is 9.84 Å². The lowest BCUT2D eigenvalue weighted by molar-refractivity contribution is 0.387. The summed E-state index contributed by atoms with van der Waals surface area (Å²) in [5.41, 5.74) is 0. The van der Waals surface area contributed by atoms with Crippen molar-refractivity contribution in [2.45, 2.75) is 38.6 Å². The van der Waals surface area contributed by atoms with Gasteiger partial charge in [-0.2, -0.15) is 17.7 Å². The zero-order chi connectivity index (χ0) is 15.3. The van der Waals surface area contributed by atoms with Crippen LogP contribution in [-0.4, -0.2) is 55.6 Å². The fraction of sp³-hybridized carbons (Fsp3) is 0.833. The molecule has 1 aromatic rings. The molecule has 1 aliphatic rings. The molecule has 0 atom stereocenters. The first-order chi connectivity index (χ1) is 9.97. The molecule has 0 unspecified atom stereocenters. The van der Waals surface area contributed by atoms with Crippen LogP contribution in [0, 0.1) is 6.92 Å². The van der Waals surface area contributed by atoms with Gasteiger partial charge in [-0.25, -0.2) is 4.72 Å². The lowest BCUT2D eigenvalue weighted by Gasteiger charge is -2.17. The second-order valence-electron chi connectivity index (χ2n) is 5.28. The molecular formula is C12H23N5O3S. The number of hydrogen-bond donors (Lipinski definition) is 2. The van der Waals surface area contributed by atoms with Gasteiger partial charge in [0.2, 0.25) is 5.89 Å².